The summed E-state index contributed by atoms with van der Waals surface area (Å²) in [5.41, 5.74) is -0.150. The lowest BCUT2D eigenvalue weighted by atomic mass is 9.82. The number of nitrogens with zero attached hydrogens (tertiary/aromatic N) is 2. The minimum absolute atomic E-state index is 0.150. The summed E-state index contributed by atoms with van der Waals surface area (Å²) in [4.78, 5) is 16.2. The summed E-state index contributed by atoms with van der Waals surface area (Å²) in [6.07, 6.45) is 2.19. The molecule has 20 heavy (non-hydrogen) atoms. The fourth-order valence-corrected chi connectivity index (χ4v) is 3.59. The van der Waals surface area contributed by atoms with Gasteiger partial charge in [0.1, 0.15) is 0 Å². The molecule has 0 saturated carbocycles. The number of carbonyl (C=O) groups is 1. The van der Waals surface area contributed by atoms with Crippen LogP contribution in [0.5, 0.6) is 0 Å². The predicted molar refractivity (Wildman–Crippen MR) is 77.9 cm³/mol. The Kier molecular flexibility index (Phi) is 5.41. The first kappa shape index (κ1) is 15.7. The molecule has 1 N–H and O–H groups in total. The van der Waals surface area contributed by atoms with Crippen molar-refractivity contribution in [1.29, 1.82) is 0 Å². The summed E-state index contributed by atoms with van der Waals surface area (Å²) in [5.74, 6) is -0.000776. The molecule has 116 valence electrons. The minimum atomic E-state index is -0.672. The molecular formula is C15H28N2O3. The Morgan fingerprint density at radius 1 is 1.20 bits per heavy atom. The Hall–Kier alpha value is -0.650. The molecule has 2 heterocycles. The second kappa shape index (κ2) is 6.87. The van der Waals surface area contributed by atoms with Gasteiger partial charge in [-0.15, -0.1) is 0 Å². The zero-order valence-electron chi connectivity index (χ0n) is 12.8. The van der Waals surface area contributed by atoms with E-state index >= 15 is 0 Å². The Balaban J connectivity index is 2.00. The predicted octanol–water partition coefficient (Wildman–Crippen LogP) is 1.28. The number of aliphatic carboxylic acids is 1. The Labute approximate surface area is 121 Å². The molecule has 0 aliphatic carbocycles. The maximum Gasteiger partial charge on any atom is 0.305 e. The largest absolute Gasteiger partial charge is 0.481 e. The van der Waals surface area contributed by atoms with Crippen molar-refractivity contribution in [2.45, 2.75) is 38.6 Å². The first-order chi connectivity index (χ1) is 9.52. The molecule has 0 amide bonds. The van der Waals surface area contributed by atoms with Crippen LogP contribution in [0.1, 0.15) is 33.1 Å². The van der Waals surface area contributed by atoms with E-state index in [2.05, 4.69) is 23.6 Å². The van der Waals surface area contributed by atoms with Crippen LogP contribution in [0, 0.1) is 5.92 Å². The third-order valence-corrected chi connectivity index (χ3v) is 4.57. The lowest BCUT2D eigenvalue weighted by Gasteiger charge is -2.49. The van der Waals surface area contributed by atoms with Gasteiger partial charge in [0.25, 0.3) is 0 Å². The van der Waals surface area contributed by atoms with Crippen molar-refractivity contribution in [2.24, 2.45) is 5.92 Å². The SMILES string of the molecule is CC(C)CN1CCC(CC(=O)O)(N2CCOCC2)CC1. The summed E-state index contributed by atoms with van der Waals surface area (Å²) in [5, 5.41) is 9.30. The van der Waals surface area contributed by atoms with E-state index in [0.717, 1.165) is 58.8 Å². The van der Waals surface area contributed by atoms with Crippen LogP contribution in [-0.2, 0) is 9.53 Å². The highest BCUT2D eigenvalue weighted by Crippen LogP contribution is 2.33. The second-order valence-corrected chi connectivity index (χ2v) is 6.59. The van der Waals surface area contributed by atoms with Crippen molar-refractivity contribution in [3.63, 3.8) is 0 Å². The lowest BCUT2D eigenvalue weighted by Crippen LogP contribution is -2.59. The Morgan fingerprint density at radius 2 is 1.80 bits per heavy atom. The molecule has 0 unspecified atom stereocenters. The first-order valence-electron chi connectivity index (χ1n) is 7.79. The van der Waals surface area contributed by atoms with Gasteiger partial charge in [0, 0.05) is 25.2 Å². The molecule has 2 aliphatic heterocycles. The molecule has 2 aliphatic rings. The third kappa shape index (κ3) is 3.93. The average molecular weight is 284 g/mol. The highest BCUT2D eigenvalue weighted by molar-refractivity contribution is 5.68. The molecule has 0 bridgehead atoms. The van der Waals surface area contributed by atoms with Gasteiger partial charge in [-0.1, -0.05) is 13.8 Å². The van der Waals surface area contributed by atoms with Crippen LogP contribution in [0.4, 0.5) is 0 Å². The topological polar surface area (TPSA) is 53.0 Å². The van der Waals surface area contributed by atoms with Gasteiger partial charge in [0.05, 0.1) is 19.6 Å². The molecular weight excluding hydrogens is 256 g/mol. The van der Waals surface area contributed by atoms with E-state index in [0.29, 0.717) is 5.92 Å². The van der Waals surface area contributed by atoms with E-state index in [1.54, 1.807) is 0 Å². The van der Waals surface area contributed by atoms with Crippen molar-refractivity contribution in [3.8, 4) is 0 Å². The third-order valence-electron chi connectivity index (χ3n) is 4.57. The molecule has 0 aromatic rings. The molecule has 5 nitrogen and oxygen atoms in total. The summed E-state index contributed by atoms with van der Waals surface area (Å²) in [7, 11) is 0. The van der Waals surface area contributed by atoms with E-state index in [4.69, 9.17) is 4.74 Å². The molecule has 2 rings (SSSR count). The van der Waals surface area contributed by atoms with Crippen LogP contribution in [0.25, 0.3) is 0 Å². The molecule has 2 saturated heterocycles. The van der Waals surface area contributed by atoms with Gasteiger partial charge in [-0.25, -0.2) is 0 Å². The molecule has 0 aromatic carbocycles. The van der Waals surface area contributed by atoms with Crippen LogP contribution in [0.3, 0.4) is 0 Å². The summed E-state index contributed by atoms with van der Waals surface area (Å²) >= 11 is 0. The quantitative estimate of drug-likeness (QED) is 0.824. The van der Waals surface area contributed by atoms with Crippen LogP contribution in [0.15, 0.2) is 0 Å². The molecule has 2 fully saturated rings. The molecule has 5 heteroatoms. The van der Waals surface area contributed by atoms with Crippen molar-refractivity contribution in [1.82, 2.24) is 9.80 Å². The van der Waals surface area contributed by atoms with Crippen molar-refractivity contribution in [2.75, 3.05) is 45.9 Å². The minimum Gasteiger partial charge on any atom is -0.481 e. The monoisotopic (exact) mass is 284 g/mol. The standard InChI is InChI=1S/C15H28N2O3/c1-13(2)12-16-5-3-15(4-6-16,11-14(18)19)17-7-9-20-10-8-17/h13H,3-12H2,1-2H3,(H,18,19). The van der Waals surface area contributed by atoms with Crippen LogP contribution < -0.4 is 0 Å². The highest BCUT2D eigenvalue weighted by Gasteiger charge is 2.42. The maximum atomic E-state index is 11.3. The van der Waals surface area contributed by atoms with Crippen molar-refractivity contribution >= 4 is 5.97 Å². The molecule has 0 aromatic heterocycles. The van der Waals surface area contributed by atoms with Gasteiger partial charge in [0.15, 0.2) is 0 Å². The fraction of sp³-hybridized carbons (Fsp3) is 0.933. The number of hydrogen-bond donors (Lipinski definition) is 1. The van der Waals surface area contributed by atoms with Crippen LogP contribution in [0.2, 0.25) is 0 Å². The van der Waals surface area contributed by atoms with E-state index < -0.39 is 5.97 Å². The normalized spacial score (nSPS) is 24.9. The maximum absolute atomic E-state index is 11.3. The number of hydrogen-bond acceptors (Lipinski definition) is 4. The second-order valence-electron chi connectivity index (χ2n) is 6.59. The Morgan fingerprint density at radius 3 is 2.30 bits per heavy atom. The number of ether oxygens (including phenoxy) is 1. The number of morpholine rings is 1. The van der Waals surface area contributed by atoms with Gasteiger partial charge >= 0.3 is 5.97 Å². The number of carboxylic acids is 1. The van der Waals surface area contributed by atoms with Crippen molar-refractivity contribution in [3.05, 3.63) is 0 Å². The number of rotatable bonds is 5. The van der Waals surface area contributed by atoms with E-state index in [1.165, 1.54) is 0 Å². The van der Waals surface area contributed by atoms with Gasteiger partial charge < -0.3 is 14.7 Å². The molecule has 0 radical (unpaired) electrons. The smallest absolute Gasteiger partial charge is 0.305 e. The van der Waals surface area contributed by atoms with Gasteiger partial charge in [0.2, 0.25) is 0 Å². The molecule has 0 spiro atoms. The van der Waals surface area contributed by atoms with Gasteiger partial charge in [-0.05, 0) is 31.8 Å². The highest BCUT2D eigenvalue weighted by atomic mass is 16.5. The van der Waals surface area contributed by atoms with Gasteiger partial charge in [-0.2, -0.15) is 0 Å². The number of carboxylic acid groups (broad SMARTS) is 1. The summed E-state index contributed by atoms with van der Waals surface area (Å²) in [6, 6.07) is 0. The van der Waals surface area contributed by atoms with Crippen molar-refractivity contribution < 1.29 is 14.6 Å². The number of likely N-dealkylation sites (tertiary alicyclic amines) is 1. The summed E-state index contributed by atoms with van der Waals surface area (Å²) in [6.45, 7) is 10.8. The Bertz CT molecular complexity index is 319. The summed E-state index contributed by atoms with van der Waals surface area (Å²) < 4.78 is 5.41. The first-order valence-corrected chi connectivity index (χ1v) is 7.79. The van der Waals surface area contributed by atoms with Crippen LogP contribution in [-0.4, -0.2) is 72.4 Å². The van der Waals surface area contributed by atoms with E-state index in [1.807, 2.05) is 0 Å². The fourth-order valence-electron chi connectivity index (χ4n) is 3.59. The lowest BCUT2D eigenvalue weighted by molar-refractivity contribution is -0.143. The van der Waals surface area contributed by atoms with Crippen LogP contribution >= 0.6 is 0 Å². The van der Waals surface area contributed by atoms with E-state index in [-0.39, 0.29) is 12.0 Å². The van der Waals surface area contributed by atoms with E-state index in [9.17, 15) is 9.90 Å². The zero-order valence-corrected chi connectivity index (χ0v) is 12.8. The average Bonchev–Trinajstić information content (AvgIpc) is 2.41. The zero-order chi connectivity index (χ0) is 14.6. The molecule has 0 atom stereocenters. The number of piperidine rings is 1. The van der Waals surface area contributed by atoms with Gasteiger partial charge in [-0.3, -0.25) is 9.69 Å².